The number of fused-ring (bicyclic) bond motifs is 1. The number of aromatic nitrogens is 1. The van der Waals surface area contributed by atoms with Gasteiger partial charge in [0.15, 0.2) is 0 Å². The van der Waals surface area contributed by atoms with Crippen LogP contribution in [0, 0.1) is 13.8 Å². The van der Waals surface area contributed by atoms with Crippen LogP contribution in [0.1, 0.15) is 27.0 Å². The number of nitrogens with one attached hydrogen (secondary N) is 1. The molecule has 174 valence electrons. The summed E-state index contributed by atoms with van der Waals surface area (Å²) < 4.78 is 5.97. The molecular formula is C28H30N4OS. The number of hydrogen-bond donors (Lipinski definition) is 1. The fourth-order valence-corrected chi connectivity index (χ4v) is 5.26. The third kappa shape index (κ3) is 4.98. The van der Waals surface area contributed by atoms with E-state index in [1.807, 2.05) is 37.3 Å². The van der Waals surface area contributed by atoms with Gasteiger partial charge in [0.1, 0.15) is 5.82 Å². The van der Waals surface area contributed by atoms with Crippen molar-refractivity contribution in [2.24, 2.45) is 0 Å². The number of amides is 1. The van der Waals surface area contributed by atoms with Gasteiger partial charge in [0.2, 0.25) is 0 Å². The summed E-state index contributed by atoms with van der Waals surface area (Å²) in [5.74, 6) is 1.07. The van der Waals surface area contributed by atoms with Gasteiger partial charge in [-0.05, 0) is 84.9 Å². The number of piperazine rings is 1. The van der Waals surface area contributed by atoms with Crippen LogP contribution < -0.4 is 10.2 Å². The Kier molecular flexibility index (Phi) is 6.61. The number of carbonyl (C=O) groups is 1. The number of aryl methyl sites for hydroxylation is 2. The second-order valence-electron chi connectivity index (χ2n) is 9.03. The highest BCUT2D eigenvalue weighted by Gasteiger charge is 2.20. The van der Waals surface area contributed by atoms with Crippen molar-refractivity contribution in [2.75, 3.05) is 42.9 Å². The Balaban J connectivity index is 1.14. The maximum atomic E-state index is 12.7. The zero-order chi connectivity index (χ0) is 23.5. The molecule has 0 aliphatic carbocycles. The maximum Gasteiger partial charge on any atom is 0.255 e. The molecule has 1 aromatic heterocycles. The summed E-state index contributed by atoms with van der Waals surface area (Å²) in [4.78, 5) is 17.6. The lowest BCUT2D eigenvalue weighted by molar-refractivity contribution is 0.102. The first-order valence-corrected chi connectivity index (χ1v) is 12.6. The first kappa shape index (κ1) is 22.6. The Labute approximate surface area is 205 Å². The molecule has 0 spiro atoms. The minimum Gasteiger partial charge on any atom is -0.353 e. The van der Waals surface area contributed by atoms with E-state index in [4.69, 9.17) is 4.37 Å². The van der Waals surface area contributed by atoms with Crippen LogP contribution in [0.2, 0.25) is 0 Å². The van der Waals surface area contributed by atoms with Gasteiger partial charge in [-0.15, -0.1) is 0 Å². The quantitative estimate of drug-likeness (QED) is 0.403. The summed E-state index contributed by atoms with van der Waals surface area (Å²) >= 11 is 1.59. The number of benzene rings is 3. The van der Waals surface area contributed by atoms with Crippen molar-refractivity contribution >= 4 is 39.0 Å². The number of carbonyl (C=O) groups excluding carboxylic acids is 1. The monoisotopic (exact) mass is 470 g/mol. The molecule has 2 heterocycles. The smallest absolute Gasteiger partial charge is 0.255 e. The molecule has 1 fully saturated rings. The molecule has 0 bridgehead atoms. The molecule has 4 aromatic rings. The average molecular weight is 471 g/mol. The molecule has 0 radical (unpaired) electrons. The lowest BCUT2D eigenvalue weighted by Crippen LogP contribution is -2.47. The summed E-state index contributed by atoms with van der Waals surface area (Å²) in [6.07, 6.45) is 0.965. The van der Waals surface area contributed by atoms with Gasteiger partial charge < -0.3 is 10.2 Å². The van der Waals surface area contributed by atoms with E-state index < -0.39 is 0 Å². The molecule has 5 nitrogen and oxygen atoms in total. The highest BCUT2D eigenvalue weighted by Crippen LogP contribution is 2.29. The third-order valence-electron chi connectivity index (χ3n) is 6.70. The van der Waals surface area contributed by atoms with Crippen LogP contribution in [-0.4, -0.2) is 47.9 Å². The van der Waals surface area contributed by atoms with Crippen molar-refractivity contribution < 1.29 is 4.79 Å². The molecule has 6 heteroatoms. The normalized spacial score (nSPS) is 14.5. The second kappa shape index (κ2) is 9.95. The molecule has 1 saturated heterocycles. The lowest BCUT2D eigenvalue weighted by Gasteiger charge is -2.35. The minimum absolute atomic E-state index is 0.0639. The van der Waals surface area contributed by atoms with Crippen LogP contribution in [0.3, 0.4) is 0 Å². The van der Waals surface area contributed by atoms with E-state index in [0.29, 0.717) is 5.56 Å². The largest absolute Gasteiger partial charge is 0.353 e. The van der Waals surface area contributed by atoms with Gasteiger partial charge in [0, 0.05) is 49.4 Å². The van der Waals surface area contributed by atoms with Crippen LogP contribution >= 0.6 is 11.5 Å². The van der Waals surface area contributed by atoms with Crippen LogP contribution in [0.4, 0.5) is 11.5 Å². The zero-order valence-electron chi connectivity index (χ0n) is 19.8. The molecule has 0 unspecified atom stereocenters. The summed E-state index contributed by atoms with van der Waals surface area (Å²) in [5.41, 5.74) is 5.11. The molecule has 34 heavy (non-hydrogen) atoms. The average Bonchev–Trinajstić information content (AvgIpc) is 3.29. The Morgan fingerprint density at radius 3 is 2.59 bits per heavy atom. The molecular weight excluding hydrogens is 440 g/mol. The first-order chi connectivity index (χ1) is 16.6. The van der Waals surface area contributed by atoms with Crippen molar-refractivity contribution in [2.45, 2.75) is 20.3 Å². The summed E-state index contributed by atoms with van der Waals surface area (Å²) in [5, 5.41) is 4.32. The molecule has 1 amide bonds. The number of anilines is 2. The van der Waals surface area contributed by atoms with E-state index in [1.165, 1.54) is 21.2 Å². The first-order valence-electron chi connectivity index (χ1n) is 11.9. The van der Waals surface area contributed by atoms with Gasteiger partial charge in [-0.2, -0.15) is 4.37 Å². The van der Waals surface area contributed by atoms with E-state index >= 15 is 0 Å². The highest BCUT2D eigenvalue weighted by atomic mass is 32.1. The predicted octanol–water partition coefficient (Wildman–Crippen LogP) is 5.53. The Hall–Kier alpha value is -3.22. The van der Waals surface area contributed by atoms with Gasteiger partial charge >= 0.3 is 0 Å². The summed E-state index contributed by atoms with van der Waals surface area (Å²) in [7, 11) is 0. The van der Waals surface area contributed by atoms with Gasteiger partial charge in [-0.1, -0.05) is 30.3 Å². The van der Waals surface area contributed by atoms with Crippen LogP contribution in [-0.2, 0) is 6.42 Å². The van der Waals surface area contributed by atoms with Gasteiger partial charge in [-0.25, -0.2) is 0 Å². The maximum absolute atomic E-state index is 12.7. The van der Waals surface area contributed by atoms with Crippen LogP contribution in [0.15, 0.2) is 66.7 Å². The van der Waals surface area contributed by atoms with Crippen molar-refractivity contribution in [3.05, 3.63) is 89.0 Å². The lowest BCUT2D eigenvalue weighted by atomic mass is 10.1. The van der Waals surface area contributed by atoms with Crippen LogP contribution in [0.5, 0.6) is 0 Å². The van der Waals surface area contributed by atoms with E-state index in [1.54, 1.807) is 11.5 Å². The van der Waals surface area contributed by atoms with Gasteiger partial charge in [0.05, 0.1) is 4.70 Å². The Morgan fingerprint density at radius 1 is 0.941 bits per heavy atom. The second-order valence-corrected chi connectivity index (χ2v) is 9.84. The Bertz CT molecular complexity index is 1310. The fraction of sp³-hybridized carbons (Fsp3) is 0.286. The van der Waals surface area contributed by atoms with Gasteiger partial charge in [-0.3, -0.25) is 9.69 Å². The summed E-state index contributed by atoms with van der Waals surface area (Å²) in [6, 6.07) is 22.5. The number of nitrogens with zero attached hydrogens (tertiary/aromatic N) is 3. The topological polar surface area (TPSA) is 48.5 Å². The van der Waals surface area contributed by atoms with E-state index in [-0.39, 0.29) is 5.91 Å². The van der Waals surface area contributed by atoms with E-state index in [9.17, 15) is 4.79 Å². The fourth-order valence-electron chi connectivity index (χ4n) is 4.46. The van der Waals surface area contributed by atoms with Crippen LogP contribution in [0.25, 0.3) is 10.1 Å². The third-order valence-corrected chi connectivity index (χ3v) is 7.52. The molecule has 3 aromatic carbocycles. The zero-order valence-corrected chi connectivity index (χ0v) is 20.6. The van der Waals surface area contributed by atoms with E-state index in [2.05, 4.69) is 58.4 Å². The number of hydrogen-bond acceptors (Lipinski definition) is 5. The molecule has 5 rings (SSSR count). The van der Waals surface area contributed by atoms with Crippen molar-refractivity contribution in [3.63, 3.8) is 0 Å². The van der Waals surface area contributed by atoms with Crippen molar-refractivity contribution in [1.29, 1.82) is 0 Å². The Morgan fingerprint density at radius 2 is 1.76 bits per heavy atom. The van der Waals surface area contributed by atoms with Crippen molar-refractivity contribution in [1.82, 2.24) is 9.27 Å². The molecule has 1 N–H and O–H groups in total. The minimum atomic E-state index is -0.0639. The predicted molar refractivity (Wildman–Crippen MR) is 142 cm³/mol. The van der Waals surface area contributed by atoms with Crippen molar-refractivity contribution in [3.8, 4) is 0 Å². The van der Waals surface area contributed by atoms with Gasteiger partial charge in [0.25, 0.3) is 5.91 Å². The SMILES string of the molecule is Cc1ccc(C(=O)Nc2cccc(CCN3CCN(c4nsc5ccccc45)CC3)c2)cc1C. The standard InChI is InChI=1S/C28H30N4OS/c1-20-10-11-23(18-21(20)2)28(33)29-24-7-5-6-22(19-24)12-13-31-14-16-32(17-15-31)27-25-8-3-4-9-26(25)34-30-27/h3-11,18-19H,12-17H2,1-2H3,(H,29,33). The van der Waals surface area contributed by atoms with E-state index in [0.717, 1.165) is 56.2 Å². The summed E-state index contributed by atoms with van der Waals surface area (Å²) in [6.45, 7) is 9.18. The molecule has 0 saturated carbocycles. The molecule has 0 atom stereocenters. The highest BCUT2D eigenvalue weighted by molar-refractivity contribution is 7.13. The number of rotatable bonds is 6. The molecule has 1 aliphatic rings. The molecule has 1 aliphatic heterocycles.